The second-order valence-corrected chi connectivity index (χ2v) is 7.18. The van der Waals surface area contributed by atoms with Crippen molar-refractivity contribution in [1.82, 2.24) is 10.2 Å². The van der Waals surface area contributed by atoms with E-state index in [4.69, 9.17) is 5.73 Å². The maximum absolute atomic E-state index is 12.2. The van der Waals surface area contributed by atoms with Crippen LogP contribution in [0.2, 0.25) is 0 Å². The lowest BCUT2D eigenvalue weighted by Crippen LogP contribution is -2.39. The van der Waals surface area contributed by atoms with E-state index in [0.717, 1.165) is 50.1 Å². The Labute approximate surface area is 149 Å². The molecule has 1 aromatic carbocycles. The molecule has 2 saturated heterocycles. The van der Waals surface area contributed by atoms with E-state index in [1.165, 1.54) is 6.42 Å². The molecule has 0 saturated carbocycles. The van der Waals surface area contributed by atoms with E-state index in [0.29, 0.717) is 18.9 Å². The first-order valence-electron chi connectivity index (χ1n) is 9.24. The van der Waals surface area contributed by atoms with Crippen molar-refractivity contribution in [2.24, 2.45) is 11.7 Å². The molecule has 0 aliphatic carbocycles. The molecular formula is C19H28N4O2. The number of nitrogens with two attached hydrogens (primary N) is 1. The van der Waals surface area contributed by atoms with Gasteiger partial charge in [0, 0.05) is 18.7 Å². The van der Waals surface area contributed by atoms with E-state index < -0.39 is 0 Å². The molecule has 25 heavy (non-hydrogen) atoms. The van der Waals surface area contributed by atoms with Gasteiger partial charge in [-0.25, -0.2) is 0 Å². The number of hydrogen-bond donors (Lipinski definition) is 3. The predicted octanol–water partition coefficient (Wildman–Crippen LogP) is 1.46. The third kappa shape index (κ3) is 5.03. The van der Waals surface area contributed by atoms with Crippen molar-refractivity contribution in [3.05, 3.63) is 29.8 Å². The molecule has 6 nitrogen and oxygen atoms in total. The molecule has 2 amide bonds. The van der Waals surface area contributed by atoms with Crippen LogP contribution in [0.5, 0.6) is 0 Å². The number of amides is 2. The molecule has 4 N–H and O–H groups in total. The van der Waals surface area contributed by atoms with Crippen LogP contribution in [-0.4, -0.2) is 42.4 Å². The fourth-order valence-corrected chi connectivity index (χ4v) is 3.84. The molecular weight excluding hydrogens is 316 g/mol. The summed E-state index contributed by atoms with van der Waals surface area (Å²) in [5.74, 6) is 0.446. The molecule has 0 bridgehead atoms. The summed E-state index contributed by atoms with van der Waals surface area (Å²) in [6.45, 7) is 3.67. The van der Waals surface area contributed by atoms with Crippen LogP contribution in [0.4, 0.5) is 5.69 Å². The highest BCUT2D eigenvalue weighted by atomic mass is 16.2. The van der Waals surface area contributed by atoms with Gasteiger partial charge in [-0.3, -0.25) is 14.5 Å². The smallest absolute Gasteiger partial charge is 0.234 e. The van der Waals surface area contributed by atoms with Gasteiger partial charge in [0.1, 0.15) is 0 Å². The van der Waals surface area contributed by atoms with Crippen LogP contribution in [-0.2, 0) is 16.1 Å². The Morgan fingerprint density at radius 1 is 1.32 bits per heavy atom. The van der Waals surface area contributed by atoms with Gasteiger partial charge >= 0.3 is 0 Å². The molecule has 0 aromatic heterocycles. The van der Waals surface area contributed by atoms with Crippen molar-refractivity contribution < 1.29 is 9.59 Å². The summed E-state index contributed by atoms with van der Waals surface area (Å²) in [5, 5.41) is 6.33. The van der Waals surface area contributed by atoms with Crippen molar-refractivity contribution in [3.63, 3.8) is 0 Å². The SMILES string of the molecule is NC(=O)C1CCCN1Cc1cccc(NC(=O)CCC2CCNC2)c1. The van der Waals surface area contributed by atoms with Gasteiger partial charge in [-0.15, -0.1) is 0 Å². The lowest BCUT2D eigenvalue weighted by molar-refractivity contribution is -0.122. The Morgan fingerprint density at radius 2 is 2.20 bits per heavy atom. The van der Waals surface area contributed by atoms with E-state index in [2.05, 4.69) is 15.5 Å². The second-order valence-electron chi connectivity index (χ2n) is 7.18. The Bertz CT molecular complexity index is 613. The van der Waals surface area contributed by atoms with Gasteiger partial charge in [0.05, 0.1) is 6.04 Å². The maximum Gasteiger partial charge on any atom is 0.234 e. The van der Waals surface area contributed by atoms with Crippen LogP contribution in [0.1, 0.15) is 37.7 Å². The highest BCUT2D eigenvalue weighted by Crippen LogP contribution is 2.21. The van der Waals surface area contributed by atoms with Crippen LogP contribution >= 0.6 is 0 Å². The summed E-state index contributed by atoms with van der Waals surface area (Å²) in [4.78, 5) is 25.8. The zero-order chi connectivity index (χ0) is 17.6. The average Bonchev–Trinajstić information content (AvgIpc) is 3.24. The Hall–Kier alpha value is -1.92. The van der Waals surface area contributed by atoms with Gasteiger partial charge in [0.2, 0.25) is 11.8 Å². The fourth-order valence-electron chi connectivity index (χ4n) is 3.84. The molecule has 0 spiro atoms. The number of benzene rings is 1. The molecule has 136 valence electrons. The summed E-state index contributed by atoms with van der Waals surface area (Å²) in [6, 6.07) is 7.70. The fraction of sp³-hybridized carbons (Fsp3) is 0.579. The Kier molecular flexibility index (Phi) is 6.04. The summed E-state index contributed by atoms with van der Waals surface area (Å²) in [5.41, 5.74) is 7.39. The van der Waals surface area contributed by atoms with Crippen molar-refractivity contribution in [2.45, 2.75) is 44.7 Å². The topological polar surface area (TPSA) is 87.5 Å². The van der Waals surface area contributed by atoms with E-state index in [1.54, 1.807) is 0 Å². The van der Waals surface area contributed by atoms with Gasteiger partial charge in [-0.05, 0) is 68.9 Å². The third-order valence-electron chi connectivity index (χ3n) is 5.23. The van der Waals surface area contributed by atoms with E-state index in [1.807, 2.05) is 24.3 Å². The van der Waals surface area contributed by atoms with Gasteiger partial charge in [0.25, 0.3) is 0 Å². The van der Waals surface area contributed by atoms with E-state index in [-0.39, 0.29) is 17.9 Å². The summed E-state index contributed by atoms with van der Waals surface area (Å²) in [7, 11) is 0. The number of hydrogen-bond acceptors (Lipinski definition) is 4. The van der Waals surface area contributed by atoms with Gasteiger partial charge < -0.3 is 16.4 Å². The van der Waals surface area contributed by atoms with Crippen LogP contribution in [0, 0.1) is 5.92 Å². The van der Waals surface area contributed by atoms with Crippen molar-refractivity contribution in [2.75, 3.05) is 25.0 Å². The zero-order valence-corrected chi connectivity index (χ0v) is 14.7. The molecule has 2 aliphatic rings. The second kappa shape index (κ2) is 8.45. The summed E-state index contributed by atoms with van der Waals surface area (Å²) < 4.78 is 0. The lowest BCUT2D eigenvalue weighted by Gasteiger charge is -2.22. The van der Waals surface area contributed by atoms with Gasteiger partial charge in [0.15, 0.2) is 0 Å². The molecule has 0 radical (unpaired) electrons. The standard InChI is InChI=1S/C19H28N4O2/c20-19(25)17-5-2-10-23(17)13-15-3-1-4-16(11-15)22-18(24)7-6-14-8-9-21-12-14/h1,3-4,11,14,17,21H,2,5-10,12-13H2,(H2,20,25)(H,22,24). The quantitative estimate of drug-likeness (QED) is 0.699. The number of carbonyl (C=O) groups excluding carboxylic acids is 2. The minimum absolute atomic E-state index is 0.0697. The normalized spacial score (nSPS) is 23.7. The Morgan fingerprint density at radius 3 is 2.96 bits per heavy atom. The largest absolute Gasteiger partial charge is 0.368 e. The lowest BCUT2D eigenvalue weighted by atomic mass is 10.0. The molecule has 1 aromatic rings. The molecule has 2 fully saturated rings. The number of carbonyl (C=O) groups is 2. The molecule has 3 rings (SSSR count). The van der Waals surface area contributed by atoms with Crippen molar-refractivity contribution in [1.29, 1.82) is 0 Å². The first-order chi connectivity index (χ1) is 12.1. The molecule has 2 unspecified atom stereocenters. The molecule has 2 heterocycles. The van der Waals surface area contributed by atoms with Crippen LogP contribution in [0.25, 0.3) is 0 Å². The molecule has 2 atom stereocenters. The third-order valence-corrected chi connectivity index (χ3v) is 5.23. The number of likely N-dealkylation sites (tertiary alicyclic amines) is 1. The predicted molar refractivity (Wildman–Crippen MR) is 97.9 cm³/mol. The minimum Gasteiger partial charge on any atom is -0.368 e. The minimum atomic E-state index is -0.247. The maximum atomic E-state index is 12.2. The van der Waals surface area contributed by atoms with E-state index in [9.17, 15) is 9.59 Å². The highest BCUT2D eigenvalue weighted by Gasteiger charge is 2.28. The molecule has 6 heteroatoms. The first-order valence-corrected chi connectivity index (χ1v) is 9.24. The van der Waals surface area contributed by atoms with Crippen molar-refractivity contribution >= 4 is 17.5 Å². The highest BCUT2D eigenvalue weighted by molar-refractivity contribution is 5.90. The number of anilines is 1. The average molecular weight is 344 g/mol. The number of rotatable bonds is 7. The van der Waals surface area contributed by atoms with E-state index >= 15 is 0 Å². The van der Waals surface area contributed by atoms with Crippen LogP contribution in [0.15, 0.2) is 24.3 Å². The number of primary amides is 1. The van der Waals surface area contributed by atoms with Crippen LogP contribution < -0.4 is 16.4 Å². The summed E-state index contributed by atoms with van der Waals surface area (Å²) in [6.07, 6.45) is 4.50. The van der Waals surface area contributed by atoms with Gasteiger partial charge in [-0.2, -0.15) is 0 Å². The van der Waals surface area contributed by atoms with Crippen molar-refractivity contribution in [3.8, 4) is 0 Å². The number of nitrogens with zero attached hydrogens (tertiary/aromatic N) is 1. The van der Waals surface area contributed by atoms with Crippen LogP contribution in [0.3, 0.4) is 0 Å². The zero-order valence-electron chi connectivity index (χ0n) is 14.7. The molecule has 2 aliphatic heterocycles. The monoisotopic (exact) mass is 344 g/mol. The number of nitrogens with one attached hydrogen (secondary N) is 2. The first kappa shape index (κ1) is 17.9. The summed E-state index contributed by atoms with van der Waals surface area (Å²) >= 11 is 0. The van der Waals surface area contributed by atoms with Gasteiger partial charge in [-0.1, -0.05) is 12.1 Å². The Balaban J connectivity index is 1.52.